The van der Waals surface area contributed by atoms with Crippen molar-refractivity contribution in [1.82, 2.24) is 4.98 Å². The van der Waals surface area contributed by atoms with Crippen LogP contribution in [0.1, 0.15) is 18.4 Å². The van der Waals surface area contributed by atoms with Gasteiger partial charge < -0.3 is 15.2 Å². The van der Waals surface area contributed by atoms with Crippen molar-refractivity contribution in [2.24, 2.45) is 0 Å². The van der Waals surface area contributed by atoms with Gasteiger partial charge in [-0.15, -0.1) is 0 Å². The molecule has 0 bridgehead atoms. The van der Waals surface area contributed by atoms with Crippen LogP contribution in [0.4, 0.5) is 5.69 Å². The lowest BCUT2D eigenvalue weighted by atomic mass is 10.1. The Labute approximate surface area is 119 Å². The number of unbranched alkanes of at least 4 members (excludes halogenated alkanes) is 1. The minimum absolute atomic E-state index is 0.672. The van der Waals surface area contributed by atoms with E-state index in [1.807, 2.05) is 36.7 Å². The number of rotatable bonds is 7. The van der Waals surface area contributed by atoms with Crippen LogP contribution in [0.25, 0.3) is 0 Å². The van der Waals surface area contributed by atoms with Crippen LogP contribution in [0.2, 0.25) is 0 Å². The van der Waals surface area contributed by atoms with Gasteiger partial charge in [0.05, 0.1) is 13.7 Å². The average molecular weight is 272 g/mol. The van der Waals surface area contributed by atoms with Gasteiger partial charge in [-0.25, -0.2) is 0 Å². The predicted molar refractivity (Wildman–Crippen MR) is 80.1 cm³/mol. The van der Waals surface area contributed by atoms with E-state index >= 15 is 0 Å². The van der Waals surface area contributed by atoms with Gasteiger partial charge in [0.25, 0.3) is 0 Å². The van der Waals surface area contributed by atoms with E-state index < -0.39 is 0 Å². The fourth-order valence-corrected chi connectivity index (χ4v) is 1.97. The molecule has 4 nitrogen and oxygen atoms in total. The van der Waals surface area contributed by atoms with Crippen molar-refractivity contribution < 1.29 is 9.47 Å². The third kappa shape index (κ3) is 4.16. The molecule has 0 aliphatic heterocycles. The van der Waals surface area contributed by atoms with E-state index in [1.54, 1.807) is 13.2 Å². The number of aryl methyl sites for hydroxylation is 1. The Bertz CT molecular complexity index is 529. The predicted octanol–water partition coefficient (Wildman–Crippen LogP) is 3.07. The summed E-state index contributed by atoms with van der Waals surface area (Å²) in [6, 6.07) is 9.52. The SMILES string of the molecule is COc1cc(N)ccc1OCCCCc1ccncc1. The van der Waals surface area contributed by atoms with Crippen LogP contribution in [-0.4, -0.2) is 18.7 Å². The summed E-state index contributed by atoms with van der Waals surface area (Å²) in [5.41, 5.74) is 7.69. The first-order valence-corrected chi connectivity index (χ1v) is 6.75. The minimum atomic E-state index is 0.672. The lowest BCUT2D eigenvalue weighted by Crippen LogP contribution is -2.00. The first kappa shape index (κ1) is 14.2. The van der Waals surface area contributed by atoms with E-state index in [0.717, 1.165) is 25.0 Å². The molecule has 0 saturated carbocycles. The van der Waals surface area contributed by atoms with Gasteiger partial charge in [-0.3, -0.25) is 4.98 Å². The molecule has 106 valence electrons. The van der Waals surface area contributed by atoms with Crippen molar-refractivity contribution in [2.75, 3.05) is 19.5 Å². The first-order chi connectivity index (χ1) is 9.79. The average Bonchev–Trinajstić information content (AvgIpc) is 2.49. The van der Waals surface area contributed by atoms with E-state index in [1.165, 1.54) is 5.56 Å². The van der Waals surface area contributed by atoms with Crippen molar-refractivity contribution in [2.45, 2.75) is 19.3 Å². The maximum absolute atomic E-state index is 5.73. The van der Waals surface area contributed by atoms with E-state index in [-0.39, 0.29) is 0 Å². The molecule has 1 aromatic heterocycles. The third-order valence-corrected chi connectivity index (χ3v) is 3.05. The van der Waals surface area contributed by atoms with Gasteiger partial charge in [0.1, 0.15) is 0 Å². The smallest absolute Gasteiger partial charge is 0.162 e. The molecule has 1 heterocycles. The molecular formula is C16H20N2O2. The Morgan fingerprint density at radius 1 is 1.05 bits per heavy atom. The number of methoxy groups -OCH3 is 1. The van der Waals surface area contributed by atoms with E-state index in [4.69, 9.17) is 15.2 Å². The summed E-state index contributed by atoms with van der Waals surface area (Å²) in [5.74, 6) is 1.42. The molecule has 2 rings (SSSR count). The van der Waals surface area contributed by atoms with Crippen LogP contribution in [0.15, 0.2) is 42.7 Å². The lowest BCUT2D eigenvalue weighted by Gasteiger charge is -2.11. The number of nitrogen functional groups attached to an aromatic ring is 1. The van der Waals surface area contributed by atoms with Crippen LogP contribution in [0.5, 0.6) is 11.5 Å². The van der Waals surface area contributed by atoms with Gasteiger partial charge >= 0.3 is 0 Å². The highest BCUT2D eigenvalue weighted by Crippen LogP contribution is 2.29. The molecular weight excluding hydrogens is 252 g/mol. The summed E-state index contributed by atoms with van der Waals surface area (Å²) in [6.07, 6.45) is 6.78. The van der Waals surface area contributed by atoms with E-state index in [0.29, 0.717) is 18.0 Å². The van der Waals surface area contributed by atoms with Crippen molar-refractivity contribution in [1.29, 1.82) is 0 Å². The van der Waals surface area contributed by atoms with Crippen LogP contribution in [0, 0.1) is 0 Å². The zero-order valence-electron chi connectivity index (χ0n) is 11.7. The highest BCUT2D eigenvalue weighted by molar-refractivity contribution is 5.51. The molecule has 0 radical (unpaired) electrons. The normalized spacial score (nSPS) is 10.2. The number of hydrogen-bond acceptors (Lipinski definition) is 4. The molecule has 0 unspecified atom stereocenters. The lowest BCUT2D eigenvalue weighted by molar-refractivity contribution is 0.286. The molecule has 0 aliphatic carbocycles. The molecule has 1 aromatic carbocycles. The van der Waals surface area contributed by atoms with Crippen molar-refractivity contribution >= 4 is 5.69 Å². The largest absolute Gasteiger partial charge is 0.493 e. The standard InChI is InChI=1S/C16H20N2O2/c1-19-16-12-14(17)5-6-15(16)20-11-3-2-4-13-7-9-18-10-8-13/h5-10,12H,2-4,11,17H2,1H3. The van der Waals surface area contributed by atoms with Crippen LogP contribution < -0.4 is 15.2 Å². The number of hydrogen-bond donors (Lipinski definition) is 1. The van der Waals surface area contributed by atoms with Gasteiger partial charge in [0.2, 0.25) is 0 Å². The van der Waals surface area contributed by atoms with Gasteiger partial charge in [-0.05, 0) is 49.1 Å². The van der Waals surface area contributed by atoms with Gasteiger partial charge in [-0.2, -0.15) is 0 Å². The van der Waals surface area contributed by atoms with Crippen LogP contribution in [-0.2, 0) is 6.42 Å². The number of ether oxygens (including phenoxy) is 2. The summed E-state index contributed by atoms with van der Waals surface area (Å²) < 4.78 is 11.0. The van der Waals surface area contributed by atoms with Crippen molar-refractivity contribution in [3.05, 3.63) is 48.3 Å². The zero-order chi connectivity index (χ0) is 14.2. The molecule has 2 N–H and O–H groups in total. The van der Waals surface area contributed by atoms with Crippen molar-refractivity contribution in [3.63, 3.8) is 0 Å². The Balaban J connectivity index is 1.73. The number of anilines is 1. The molecule has 0 fully saturated rings. The third-order valence-electron chi connectivity index (χ3n) is 3.05. The highest BCUT2D eigenvalue weighted by atomic mass is 16.5. The van der Waals surface area contributed by atoms with Crippen LogP contribution in [0.3, 0.4) is 0 Å². The summed E-state index contributed by atoms with van der Waals surface area (Å²) in [7, 11) is 1.62. The second kappa shape index (κ2) is 7.38. The molecule has 20 heavy (non-hydrogen) atoms. The molecule has 2 aromatic rings. The van der Waals surface area contributed by atoms with Gasteiger partial charge in [0.15, 0.2) is 11.5 Å². The van der Waals surface area contributed by atoms with Gasteiger partial charge in [-0.1, -0.05) is 0 Å². The van der Waals surface area contributed by atoms with E-state index in [2.05, 4.69) is 4.98 Å². The number of pyridine rings is 1. The fraction of sp³-hybridized carbons (Fsp3) is 0.312. The summed E-state index contributed by atoms with van der Waals surface area (Å²) >= 11 is 0. The highest BCUT2D eigenvalue weighted by Gasteiger charge is 2.04. The molecule has 0 aliphatic rings. The Hall–Kier alpha value is -2.23. The fourth-order valence-electron chi connectivity index (χ4n) is 1.97. The Kier molecular flexibility index (Phi) is 5.24. The first-order valence-electron chi connectivity index (χ1n) is 6.75. The quantitative estimate of drug-likeness (QED) is 0.621. The van der Waals surface area contributed by atoms with Crippen LogP contribution >= 0.6 is 0 Å². The second-order valence-corrected chi connectivity index (χ2v) is 4.57. The summed E-state index contributed by atoms with van der Waals surface area (Å²) in [6.45, 7) is 0.672. The second-order valence-electron chi connectivity index (χ2n) is 4.57. The topological polar surface area (TPSA) is 57.4 Å². The van der Waals surface area contributed by atoms with Gasteiger partial charge in [0, 0.05) is 24.1 Å². The molecule has 0 spiro atoms. The number of nitrogens with two attached hydrogens (primary N) is 1. The number of nitrogens with zero attached hydrogens (tertiary/aromatic N) is 1. The van der Waals surface area contributed by atoms with E-state index in [9.17, 15) is 0 Å². The summed E-state index contributed by atoms with van der Waals surface area (Å²) in [5, 5.41) is 0. The monoisotopic (exact) mass is 272 g/mol. The molecule has 0 amide bonds. The molecule has 4 heteroatoms. The van der Waals surface area contributed by atoms with Crippen molar-refractivity contribution in [3.8, 4) is 11.5 Å². The number of aromatic nitrogens is 1. The Morgan fingerprint density at radius 2 is 1.85 bits per heavy atom. The minimum Gasteiger partial charge on any atom is -0.493 e. The maximum Gasteiger partial charge on any atom is 0.162 e. The molecule has 0 atom stereocenters. The molecule has 0 saturated heterocycles. The maximum atomic E-state index is 5.73. The summed E-state index contributed by atoms with van der Waals surface area (Å²) in [4.78, 5) is 4.01. The Morgan fingerprint density at radius 3 is 2.60 bits per heavy atom. The number of benzene rings is 1. The zero-order valence-corrected chi connectivity index (χ0v) is 11.7.